The van der Waals surface area contributed by atoms with Crippen LogP contribution in [0.4, 0.5) is 0 Å². The molecule has 1 aromatic heterocycles. The average molecular weight is 323 g/mol. The molecule has 5 nitrogen and oxygen atoms in total. The summed E-state index contributed by atoms with van der Waals surface area (Å²) in [5.41, 5.74) is 0.369. The van der Waals surface area contributed by atoms with Gasteiger partial charge in [0.1, 0.15) is 17.2 Å². The SMILES string of the molecule is O=C1C[C@]2(CCN(Cc3nccn3C3CC3)C2)Oc2ccccc21. The van der Waals surface area contributed by atoms with E-state index in [1.165, 1.54) is 12.8 Å². The van der Waals surface area contributed by atoms with Gasteiger partial charge in [0.15, 0.2) is 5.78 Å². The summed E-state index contributed by atoms with van der Waals surface area (Å²) >= 11 is 0. The molecule has 2 fully saturated rings. The van der Waals surface area contributed by atoms with Crippen molar-refractivity contribution in [1.29, 1.82) is 0 Å². The molecule has 1 saturated carbocycles. The maximum absolute atomic E-state index is 12.5. The van der Waals surface area contributed by atoms with Gasteiger partial charge in [0, 0.05) is 37.9 Å². The molecule has 0 N–H and O–H groups in total. The van der Waals surface area contributed by atoms with Crippen LogP contribution in [-0.2, 0) is 6.54 Å². The van der Waals surface area contributed by atoms with Crippen molar-refractivity contribution in [2.45, 2.75) is 43.9 Å². The number of rotatable bonds is 3. The molecule has 0 bridgehead atoms. The fourth-order valence-electron chi connectivity index (χ4n) is 4.08. The van der Waals surface area contributed by atoms with Gasteiger partial charge in [-0.05, 0) is 25.0 Å². The molecule has 5 rings (SSSR count). The standard InChI is InChI=1S/C19H21N3O2/c23-16-11-19(24-17-4-2-1-3-15(16)17)7-9-21(13-19)12-18-20-8-10-22(18)14-5-6-14/h1-4,8,10,14H,5-7,9,11-13H2/t19-/m0/s1. The Morgan fingerprint density at radius 1 is 1.29 bits per heavy atom. The number of aromatic nitrogens is 2. The fourth-order valence-corrected chi connectivity index (χ4v) is 4.08. The third-order valence-corrected chi connectivity index (χ3v) is 5.45. The van der Waals surface area contributed by atoms with Crippen molar-refractivity contribution in [2.24, 2.45) is 0 Å². The van der Waals surface area contributed by atoms with Crippen LogP contribution in [0, 0.1) is 0 Å². The Bertz CT molecular complexity index is 795. The van der Waals surface area contributed by atoms with E-state index in [9.17, 15) is 4.79 Å². The van der Waals surface area contributed by atoms with Crippen LogP contribution in [0.3, 0.4) is 0 Å². The zero-order valence-corrected chi connectivity index (χ0v) is 13.6. The topological polar surface area (TPSA) is 47.4 Å². The molecule has 0 radical (unpaired) electrons. The lowest BCUT2D eigenvalue weighted by atomic mass is 9.89. The molecule has 1 spiro atoms. The van der Waals surface area contributed by atoms with E-state index in [1.807, 2.05) is 30.5 Å². The number of imidazole rings is 1. The van der Waals surface area contributed by atoms with Crippen LogP contribution in [0.2, 0.25) is 0 Å². The highest BCUT2D eigenvalue weighted by Gasteiger charge is 2.45. The molecular weight excluding hydrogens is 302 g/mol. The van der Waals surface area contributed by atoms with Crippen molar-refractivity contribution in [3.63, 3.8) is 0 Å². The number of likely N-dealkylation sites (tertiary alicyclic amines) is 1. The summed E-state index contributed by atoms with van der Waals surface area (Å²) in [6, 6.07) is 8.26. The number of ketones is 1. The first kappa shape index (κ1) is 14.2. The third kappa shape index (κ3) is 2.35. The number of nitrogens with zero attached hydrogens (tertiary/aromatic N) is 3. The molecule has 1 atom stereocenters. The van der Waals surface area contributed by atoms with Gasteiger partial charge in [-0.15, -0.1) is 0 Å². The second-order valence-electron chi connectivity index (χ2n) is 7.32. The van der Waals surface area contributed by atoms with Gasteiger partial charge >= 0.3 is 0 Å². The number of carbonyl (C=O) groups is 1. The Hall–Kier alpha value is -2.14. The summed E-state index contributed by atoms with van der Waals surface area (Å²) in [6.07, 6.45) is 7.91. The first-order chi connectivity index (χ1) is 11.7. The second kappa shape index (κ2) is 5.18. The zero-order chi connectivity index (χ0) is 16.1. The highest BCUT2D eigenvalue weighted by molar-refractivity contribution is 6.00. The average Bonchev–Trinajstić information content (AvgIpc) is 3.21. The number of Topliss-reactive ketones (excluding diaryl/α,β-unsaturated/α-hetero) is 1. The van der Waals surface area contributed by atoms with Crippen molar-refractivity contribution >= 4 is 5.78 Å². The van der Waals surface area contributed by atoms with Crippen molar-refractivity contribution < 1.29 is 9.53 Å². The number of hydrogen-bond donors (Lipinski definition) is 0. The second-order valence-corrected chi connectivity index (χ2v) is 7.32. The van der Waals surface area contributed by atoms with E-state index >= 15 is 0 Å². The predicted molar refractivity (Wildman–Crippen MR) is 89.1 cm³/mol. The minimum atomic E-state index is -0.359. The van der Waals surface area contributed by atoms with Gasteiger partial charge in [-0.3, -0.25) is 9.69 Å². The van der Waals surface area contributed by atoms with Crippen molar-refractivity contribution in [3.8, 4) is 5.75 Å². The molecule has 2 aliphatic heterocycles. The highest BCUT2D eigenvalue weighted by atomic mass is 16.5. The van der Waals surface area contributed by atoms with Crippen molar-refractivity contribution in [1.82, 2.24) is 14.5 Å². The molecule has 2 aromatic rings. The number of carbonyl (C=O) groups excluding carboxylic acids is 1. The van der Waals surface area contributed by atoms with E-state index in [4.69, 9.17) is 4.74 Å². The monoisotopic (exact) mass is 323 g/mol. The van der Waals surface area contributed by atoms with Crippen molar-refractivity contribution in [2.75, 3.05) is 13.1 Å². The van der Waals surface area contributed by atoms with Crippen LogP contribution < -0.4 is 4.74 Å². The van der Waals surface area contributed by atoms with E-state index in [2.05, 4.69) is 20.6 Å². The van der Waals surface area contributed by atoms with Crippen LogP contribution in [0.15, 0.2) is 36.7 Å². The molecule has 1 aromatic carbocycles. The van der Waals surface area contributed by atoms with Crippen molar-refractivity contribution in [3.05, 3.63) is 48.0 Å². The van der Waals surface area contributed by atoms with E-state index in [0.717, 1.165) is 43.2 Å². The van der Waals surface area contributed by atoms with Crippen LogP contribution in [0.5, 0.6) is 5.75 Å². The molecule has 3 aliphatic rings. The Morgan fingerprint density at radius 2 is 2.17 bits per heavy atom. The fraction of sp³-hybridized carbons (Fsp3) is 0.474. The number of ether oxygens (including phenoxy) is 1. The number of benzene rings is 1. The van der Waals surface area contributed by atoms with Gasteiger partial charge in [-0.1, -0.05) is 12.1 Å². The predicted octanol–water partition coefficient (Wildman–Crippen LogP) is 2.83. The van der Waals surface area contributed by atoms with Gasteiger partial charge in [-0.25, -0.2) is 4.98 Å². The Kier molecular flexibility index (Phi) is 3.07. The van der Waals surface area contributed by atoms with Gasteiger partial charge in [0.2, 0.25) is 0 Å². The normalized spacial score (nSPS) is 26.6. The summed E-state index contributed by atoms with van der Waals surface area (Å²) in [5, 5.41) is 0. The summed E-state index contributed by atoms with van der Waals surface area (Å²) in [6.45, 7) is 2.59. The highest BCUT2D eigenvalue weighted by Crippen LogP contribution is 2.39. The molecule has 0 amide bonds. The minimum absolute atomic E-state index is 0.207. The number of hydrogen-bond acceptors (Lipinski definition) is 4. The lowest BCUT2D eigenvalue weighted by molar-refractivity contribution is 0.0453. The van der Waals surface area contributed by atoms with Crippen LogP contribution in [-0.4, -0.2) is 38.9 Å². The molecular formula is C19H21N3O2. The molecule has 3 heterocycles. The Labute approximate surface area is 141 Å². The number of para-hydroxylation sites is 1. The first-order valence-electron chi connectivity index (χ1n) is 8.78. The molecule has 1 aliphatic carbocycles. The summed E-state index contributed by atoms with van der Waals surface area (Å²) in [7, 11) is 0. The zero-order valence-electron chi connectivity index (χ0n) is 13.6. The van der Waals surface area contributed by atoms with Crippen LogP contribution in [0.1, 0.15) is 47.9 Å². The number of fused-ring (bicyclic) bond motifs is 1. The van der Waals surface area contributed by atoms with Gasteiger partial charge in [-0.2, -0.15) is 0 Å². The van der Waals surface area contributed by atoms with E-state index in [1.54, 1.807) is 0 Å². The summed E-state index contributed by atoms with van der Waals surface area (Å²) in [5.74, 6) is 2.09. The third-order valence-electron chi connectivity index (χ3n) is 5.45. The lowest BCUT2D eigenvalue weighted by Crippen LogP contribution is -2.44. The lowest BCUT2D eigenvalue weighted by Gasteiger charge is -2.34. The van der Waals surface area contributed by atoms with Crippen LogP contribution in [0.25, 0.3) is 0 Å². The van der Waals surface area contributed by atoms with E-state index < -0.39 is 0 Å². The summed E-state index contributed by atoms with van der Waals surface area (Å²) in [4.78, 5) is 19.4. The molecule has 24 heavy (non-hydrogen) atoms. The van der Waals surface area contributed by atoms with E-state index in [-0.39, 0.29) is 11.4 Å². The quantitative estimate of drug-likeness (QED) is 0.871. The molecule has 1 saturated heterocycles. The van der Waals surface area contributed by atoms with E-state index in [0.29, 0.717) is 12.5 Å². The smallest absolute Gasteiger partial charge is 0.170 e. The van der Waals surface area contributed by atoms with Crippen LogP contribution >= 0.6 is 0 Å². The largest absolute Gasteiger partial charge is 0.485 e. The Morgan fingerprint density at radius 3 is 3.04 bits per heavy atom. The molecule has 5 heteroatoms. The van der Waals surface area contributed by atoms with Gasteiger partial charge in [0.25, 0.3) is 0 Å². The molecule has 124 valence electrons. The van der Waals surface area contributed by atoms with Gasteiger partial charge in [0.05, 0.1) is 18.5 Å². The molecule has 0 unspecified atom stereocenters. The first-order valence-corrected chi connectivity index (χ1v) is 8.78. The maximum atomic E-state index is 12.5. The summed E-state index contributed by atoms with van der Waals surface area (Å²) < 4.78 is 8.61. The minimum Gasteiger partial charge on any atom is -0.485 e. The maximum Gasteiger partial charge on any atom is 0.170 e. The Balaban J connectivity index is 1.34. The van der Waals surface area contributed by atoms with Gasteiger partial charge < -0.3 is 9.30 Å².